The Bertz CT molecular complexity index is 500. The van der Waals surface area contributed by atoms with Crippen LogP contribution in [-0.4, -0.2) is 21.0 Å². The topological polar surface area (TPSA) is 49.6 Å². The van der Waals surface area contributed by atoms with Crippen LogP contribution >= 0.6 is 0 Å². The Hall–Kier alpha value is -1.55. The highest BCUT2D eigenvalue weighted by atomic mass is 16.3. The maximum atomic E-state index is 9.68. The van der Waals surface area contributed by atoms with Crippen molar-refractivity contribution in [2.45, 2.75) is 25.3 Å². The standard InChI is InChI=1S/C12H15N3O/c16-11-5-3-7-15-8-10(14-12(11)15)9-4-1-2-6-13-9/h3,5,7-9,13,16H,1-2,4,6H2. The molecule has 84 valence electrons. The lowest BCUT2D eigenvalue weighted by Crippen LogP contribution is -2.26. The van der Waals surface area contributed by atoms with E-state index in [1.807, 2.05) is 22.9 Å². The number of imidazole rings is 1. The number of fused-ring (bicyclic) bond motifs is 1. The van der Waals surface area contributed by atoms with E-state index in [4.69, 9.17) is 0 Å². The van der Waals surface area contributed by atoms with Crippen LogP contribution in [0.3, 0.4) is 0 Å². The summed E-state index contributed by atoms with van der Waals surface area (Å²) < 4.78 is 1.88. The van der Waals surface area contributed by atoms with Crippen molar-refractivity contribution >= 4 is 5.65 Å². The number of piperidine rings is 1. The van der Waals surface area contributed by atoms with Gasteiger partial charge in [0, 0.05) is 12.4 Å². The van der Waals surface area contributed by atoms with Crippen molar-refractivity contribution in [1.29, 1.82) is 0 Å². The largest absolute Gasteiger partial charge is 0.504 e. The summed E-state index contributed by atoms with van der Waals surface area (Å²) in [6, 6.07) is 3.83. The minimum absolute atomic E-state index is 0.240. The lowest BCUT2D eigenvalue weighted by molar-refractivity contribution is 0.406. The van der Waals surface area contributed by atoms with E-state index in [0.29, 0.717) is 11.7 Å². The molecule has 1 unspecified atom stereocenters. The third-order valence-corrected chi connectivity index (χ3v) is 3.15. The number of nitrogens with zero attached hydrogens (tertiary/aromatic N) is 2. The fraction of sp³-hybridized carbons (Fsp3) is 0.417. The summed E-state index contributed by atoms with van der Waals surface area (Å²) in [6.45, 7) is 1.06. The summed E-state index contributed by atoms with van der Waals surface area (Å²) in [6.07, 6.45) is 7.53. The van der Waals surface area contributed by atoms with Gasteiger partial charge >= 0.3 is 0 Å². The van der Waals surface area contributed by atoms with E-state index in [-0.39, 0.29) is 5.75 Å². The Morgan fingerprint density at radius 1 is 1.44 bits per heavy atom. The monoisotopic (exact) mass is 217 g/mol. The fourth-order valence-corrected chi connectivity index (χ4v) is 2.29. The van der Waals surface area contributed by atoms with Crippen LogP contribution < -0.4 is 5.32 Å². The highest BCUT2D eigenvalue weighted by Gasteiger charge is 2.18. The van der Waals surface area contributed by atoms with E-state index in [1.165, 1.54) is 12.8 Å². The molecule has 0 spiro atoms. The van der Waals surface area contributed by atoms with Gasteiger partial charge in [-0.15, -0.1) is 0 Å². The molecule has 1 aliphatic rings. The molecule has 4 heteroatoms. The molecule has 3 rings (SSSR count). The first-order chi connectivity index (χ1) is 7.84. The Morgan fingerprint density at radius 2 is 2.38 bits per heavy atom. The number of aromatic nitrogens is 2. The Balaban J connectivity index is 2.01. The molecule has 0 aliphatic carbocycles. The highest BCUT2D eigenvalue weighted by molar-refractivity contribution is 5.53. The van der Waals surface area contributed by atoms with Gasteiger partial charge in [-0.05, 0) is 31.5 Å². The van der Waals surface area contributed by atoms with Gasteiger partial charge in [-0.25, -0.2) is 4.98 Å². The lowest BCUT2D eigenvalue weighted by Gasteiger charge is -2.21. The zero-order chi connectivity index (χ0) is 11.0. The van der Waals surface area contributed by atoms with Crippen molar-refractivity contribution in [3.63, 3.8) is 0 Å². The van der Waals surface area contributed by atoms with E-state index < -0.39 is 0 Å². The molecular weight excluding hydrogens is 202 g/mol. The first-order valence-electron chi connectivity index (χ1n) is 5.74. The molecule has 3 heterocycles. The summed E-state index contributed by atoms with van der Waals surface area (Å²) in [4.78, 5) is 4.49. The third kappa shape index (κ3) is 1.55. The van der Waals surface area contributed by atoms with Crippen LogP contribution in [0, 0.1) is 0 Å². The van der Waals surface area contributed by atoms with Gasteiger partial charge in [-0.3, -0.25) is 0 Å². The minimum Gasteiger partial charge on any atom is -0.504 e. The summed E-state index contributed by atoms with van der Waals surface area (Å²) in [7, 11) is 0. The molecule has 1 fully saturated rings. The van der Waals surface area contributed by atoms with Gasteiger partial charge in [-0.2, -0.15) is 0 Å². The first-order valence-corrected chi connectivity index (χ1v) is 5.74. The molecule has 0 bridgehead atoms. The number of hydrogen-bond donors (Lipinski definition) is 2. The molecule has 1 aliphatic heterocycles. The van der Waals surface area contributed by atoms with Crippen LogP contribution in [0.15, 0.2) is 24.5 Å². The van der Waals surface area contributed by atoms with Crippen LogP contribution in [0.5, 0.6) is 5.75 Å². The van der Waals surface area contributed by atoms with Gasteiger partial charge in [0.15, 0.2) is 11.4 Å². The normalized spacial score (nSPS) is 21.4. The van der Waals surface area contributed by atoms with Crippen LogP contribution in [0.25, 0.3) is 5.65 Å². The van der Waals surface area contributed by atoms with Gasteiger partial charge in [0.05, 0.1) is 11.7 Å². The van der Waals surface area contributed by atoms with Gasteiger partial charge in [0.2, 0.25) is 0 Å². The maximum absolute atomic E-state index is 9.68. The quantitative estimate of drug-likeness (QED) is 0.766. The van der Waals surface area contributed by atoms with E-state index in [1.54, 1.807) is 6.07 Å². The van der Waals surface area contributed by atoms with Crippen molar-refractivity contribution in [3.8, 4) is 5.75 Å². The molecule has 1 saturated heterocycles. The van der Waals surface area contributed by atoms with E-state index >= 15 is 0 Å². The molecule has 0 aromatic carbocycles. The summed E-state index contributed by atoms with van der Waals surface area (Å²) in [5, 5.41) is 13.1. The van der Waals surface area contributed by atoms with Crippen LogP contribution in [-0.2, 0) is 0 Å². The average Bonchev–Trinajstić information content (AvgIpc) is 2.76. The van der Waals surface area contributed by atoms with Crippen molar-refractivity contribution in [3.05, 3.63) is 30.2 Å². The second-order valence-electron chi connectivity index (χ2n) is 4.29. The van der Waals surface area contributed by atoms with Gasteiger partial charge in [0.1, 0.15) is 0 Å². The second kappa shape index (κ2) is 3.79. The van der Waals surface area contributed by atoms with Crippen LogP contribution in [0.4, 0.5) is 0 Å². The predicted molar refractivity (Wildman–Crippen MR) is 61.5 cm³/mol. The van der Waals surface area contributed by atoms with Crippen LogP contribution in [0.1, 0.15) is 31.0 Å². The van der Waals surface area contributed by atoms with Gasteiger partial charge < -0.3 is 14.8 Å². The summed E-state index contributed by atoms with van der Waals surface area (Å²) in [5.41, 5.74) is 1.67. The molecule has 2 aromatic rings. The maximum Gasteiger partial charge on any atom is 0.179 e. The summed E-state index contributed by atoms with van der Waals surface area (Å²) in [5.74, 6) is 0.240. The molecule has 0 saturated carbocycles. The van der Waals surface area contributed by atoms with Gasteiger partial charge in [-0.1, -0.05) is 6.42 Å². The Morgan fingerprint density at radius 3 is 3.12 bits per heavy atom. The zero-order valence-corrected chi connectivity index (χ0v) is 9.06. The Labute approximate surface area is 93.9 Å². The molecule has 0 radical (unpaired) electrons. The second-order valence-corrected chi connectivity index (χ2v) is 4.29. The number of nitrogens with one attached hydrogen (secondary N) is 1. The van der Waals surface area contributed by atoms with E-state index in [9.17, 15) is 5.11 Å². The number of aromatic hydroxyl groups is 1. The van der Waals surface area contributed by atoms with Gasteiger partial charge in [0.25, 0.3) is 0 Å². The molecule has 2 N–H and O–H groups in total. The van der Waals surface area contributed by atoms with Crippen molar-refractivity contribution in [1.82, 2.24) is 14.7 Å². The van der Waals surface area contributed by atoms with Crippen LogP contribution in [0.2, 0.25) is 0 Å². The number of pyridine rings is 1. The van der Waals surface area contributed by atoms with Crippen molar-refractivity contribution in [2.24, 2.45) is 0 Å². The average molecular weight is 217 g/mol. The number of hydrogen-bond acceptors (Lipinski definition) is 3. The molecule has 4 nitrogen and oxygen atoms in total. The molecule has 0 amide bonds. The van der Waals surface area contributed by atoms with Crippen molar-refractivity contribution < 1.29 is 5.11 Å². The fourth-order valence-electron chi connectivity index (χ4n) is 2.29. The smallest absolute Gasteiger partial charge is 0.179 e. The Kier molecular flexibility index (Phi) is 2.29. The van der Waals surface area contributed by atoms with E-state index in [2.05, 4.69) is 10.3 Å². The first kappa shape index (κ1) is 9.66. The highest BCUT2D eigenvalue weighted by Crippen LogP contribution is 2.24. The SMILES string of the molecule is Oc1cccn2cc(C3CCCCN3)nc12. The molecule has 16 heavy (non-hydrogen) atoms. The predicted octanol–water partition coefficient (Wildman–Crippen LogP) is 1.85. The lowest BCUT2D eigenvalue weighted by atomic mass is 10.0. The minimum atomic E-state index is 0.240. The summed E-state index contributed by atoms with van der Waals surface area (Å²) >= 11 is 0. The molecular formula is C12H15N3O. The molecule has 2 aromatic heterocycles. The van der Waals surface area contributed by atoms with E-state index in [0.717, 1.165) is 18.7 Å². The molecule has 1 atom stereocenters. The zero-order valence-electron chi connectivity index (χ0n) is 9.06. The van der Waals surface area contributed by atoms with Crippen molar-refractivity contribution in [2.75, 3.05) is 6.54 Å². The number of rotatable bonds is 1. The third-order valence-electron chi connectivity index (χ3n) is 3.15.